The number of amides is 1. The maximum Gasteiger partial charge on any atom is 0.282 e. The van der Waals surface area contributed by atoms with Gasteiger partial charge in [0.1, 0.15) is 5.82 Å². The zero-order valence-electron chi connectivity index (χ0n) is 13.8. The minimum atomic E-state index is -3.44. The van der Waals surface area contributed by atoms with E-state index < -0.39 is 16.0 Å². The summed E-state index contributed by atoms with van der Waals surface area (Å²) in [5.74, 6) is -0.749. The highest BCUT2D eigenvalue weighted by Gasteiger charge is 2.34. The number of carbonyl (C=O) groups excluding carboxylic acids is 1. The van der Waals surface area contributed by atoms with E-state index in [1.165, 1.54) is 20.7 Å². The van der Waals surface area contributed by atoms with E-state index in [4.69, 9.17) is 11.6 Å². The third kappa shape index (κ3) is 3.97. The van der Waals surface area contributed by atoms with Crippen molar-refractivity contribution in [2.45, 2.75) is 19.3 Å². The van der Waals surface area contributed by atoms with Gasteiger partial charge < -0.3 is 4.90 Å². The second kappa shape index (κ2) is 7.57. The standard InChI is InChI=1S/C16H21ClFN3O3S/c17-14-4-3-5-15(18)13(14)12-16(22)19-8-10-21(11-9-19)25(23,24)20-6-1-2-7-20/h3-5H,1-2,6-12H2. The SMILES string of the molecule is O=C(Cc1c(F)cccc1Cl)N1CCN(S(=O)(=O)N2CCCC2)CC1. The predicted molar refractivity (Wildman–Crippen MR) is 93.0 cm³/mol. The second-order valence-electron chi connectivity index (χ2n) is 6.27. The summed E-state index contributed by atoms with van der Waals surface area (Å²) in [6, 6.07) is 4.32. The maximum atomic E-state index is 13.8. The molecule has 0 bridgehead atoms. The molecular formula is C16H21ClFN3O3S. The van der Waals surface area contributed by atoms with Crippen molar-refractivity contribution >= 4 is 27.7 Å². The molecule has 0 spiro atoms. The van der Waals surface area contributed by atoms with E-state index in [0.717, 1.165) is 12.8 Å². The quantitative estimate of drug-likeness (QED) is 0.784. The Morgan fingerprint density at radius 3 is 2.24 bits per heavy atom. The monoisotopic (exact) mass is 389 g/mol. The molecule has 0 radical (unpaired) electrons. The molecule has 2 aliphatic rings. The molecule has 9 heteroatoms. The molecule has 2 saturated heterocycles. The first kappa shape index (κ1) is 18.6. The summed E-state index contributed by atoms with van der Waals surface area (Å²) in [4.78, 5) is 14.0. The molecular weight excluding hydrogens is 369 g/mol. The number of halogens is 2. The Hall–Kier alpha value is -1.22. The van der Waals surface area contributed by atoms with E-state index in [-0.39, 0.29) is 36.0 Å². The number of carbonyl (C=O) groups is 1. The highest BCUT2D eigenvalue weighted by atomic mass is 35.5. The average molecular weight is 390 g/mol. The zero-order valence-corrected chi connectivity index (χ0v) is 15.4. The van der Waals surface area contributed by atoms with Crippen LogP contribution >= 0.6 is 11.6 Å². The molecule has 2 aliphatic heterocycles. The lowest BCUT2D eigenvalue weighted by molar-refractivity contribution is -0.131. The summed E-state index contributed by atoms with van der Waals surface area (Å²) in [7, 11) is -3.44. The molecule has 2 heterocycles. The Bertz CT molecular complexity index is 725. The van der Waals surface area contributed by atoms with Gasteiger partial charge in [-0.05, 0) is 25.0 Å². The second-order valence-corrected chi connectivity index (χ2v) is 8.61. The van der Waals surface area contributed by atoms with Crippen LogP contribution in [0.1, 0.15) is 18.4 Å². The summed E-state index contributed by atoms with van der Waals surface area (Å²) >= 11 is 5.96. The highest BCUT2D eigenvalue weighted by molar-refractivity contribution is 7.86. The lowest BCUT2D eigenvalue weighted by Gasteiger charge is -2.35. The van der Waals surface area contributed by atoms with Crippen molar-refractivity contribution in [2.75, 3.05) is 39.3 Å². The van der Waals surface area contributed by atoms with Crippen molar-refractivity contribution in [1.29, 1.82) is 0 Å². The third-order valence-corrected chi connectivity index (χ3v) is 7.09. The molecule has 1 aromatic rings. The molecule has 3 rings (SSSR count). The summed E-state index contributed by atoms with van der Waals surface area (Å²) in [5.41, 5.74) is 0.182. The van der Waals surface area contributed by atoms with Gasteiger partial charge in [0, 0.05) is 49.9 Å². The number of piperazine rings is 1. The molecule has 0 aromatic heterocycles. The summed E-state index contributed by atoms with van der Waals surface area (Å²) < 4.78 is 41.8. The largest absolute Gasteiger partial charge is 0.340 e. The molecule has 138 valence electrons. The van der Waals surface area contributed by atoms with Gasteiger partial charge in [0.2, 0.25) is 5.91 Å². The number of nitrogens with zero attached hydrogens (tertiary/aromatic N) is 3. The fourth-order valence-corrected chi connectivity index (χ4v) is 5.12. The van der Waals surface area contributed by atoms with Crippen LogP contribution in [0.25, 0.3) is 0 Å². The Morgan fingerprint density at radius 1 is 1.04 bits per heavy atom. The number of rotatable bonds is 4. The Balaban J connectivity index is 1.59. The first-order chi connectivity index (χ1) is 11.9. The van der Waals surface area contributed by atoms with E-state index in [9.17, 15) is 17.6 Å². The van der Waals surface area contributed by atoms with Crippen LogP contribution in [0.3, 0.4) is 0 Å². The average Bonchev–Trinajstić information content (AvgIpc) is 3.14. The normalized spacial score (nSPS) is 20.2. The van der Waals surface area contributed by atoms with Crippen LogP contribution in [0, 0.1) is 5.82 Å². The number of hydrogen-bond acceptors (Lipinski definition) is 3. The number of hydrogen-bond donors (Lipinski definition) is 0. The Kier molecular flexibility index (Phi) is 5.62. The van der Waals surface area contributed by atoms with Crippen molar-refractivity contribution < 1.29 is 17.6 Å². The molecule has 6 nitrogen and oxygen atoms in total. The molecule has 0 aliphatic carbocycles. The molecule has 0 atom stereocenters. The van der Waals surface area contributed by atoms with Gasteiger partial charge >= 0.3 is 0 Å². The molecule has 0 saturated carbocycles. The summed E-state index contributed by atoms with van der Waals surface area (Å²) in [5, 5.41) is 0.226. The van der Waals surface area contributed by atoms with Crippen LogP contribution in [0.2, 0.25) is 5.02 Å². The van der Waals surface area contributed by atoms with Crippen LogP contribution in [0.4, 0.5) is 4.39 Å². The van der Waals surface area contributed by atoms with Crippen LogP contribution in [0.15, 0.2) is 18.2 Å². The van der Waals surface area contributed by atoms with Gasteiger partial charge in [0.25, 0.3) is 10.2 Å². The maximum absolute atomic E-state index is 13.8. The third-order valence-electron chi connectivity index (χ3n) is 4.70. The molecule has 25 heavy (non-hydrogen) atoms. The van der Waals surface area contributed by atoms with Gasteiger partial charge in [-0.2, -0.15) is 17.0 Å². The fourth-order valence-electron chi connectivity index (χ4n) is 3.21. The van der Waals surface area contributed by atoms with E-state index >= 15 is 0 Å². The molecule has 1 amide bonds. The van der Waals surface area contributed by atoms with Crippen LogP contribution in [0.5, 0.6) is 0 Å². The van der Waals surface area contributed by atoms with Crippen molar-refractivity contribution in [1.82, 2.24) is 13.5 Å². The minimum Gasteiger partial charge on any atom is -0.340 e. The van der Waals surface area contributed by atoms with Crippen molar-refractivity contribution in [2.24, 2.45) is 0 Å². The van der Waals surface area contributed by atoms with Crippen LogP contribution in [-0.2, 0) is 21.4 Å². The van der Waals surface area contributed by atoms with E-state index in [2.05, 4.69) is 0 Å². The summed E-state index contributed by atoms with van der Waals surface area (Å²) in [6.45, 7) is 2.25. The van der Waals surface area contributed by atoms with Gasteiger partial charge in [0.15, 0.2) is 0 Å². The first-order valence-corrected chi connectivity index (χ1v) is 10.1. The predicted octanol–water partition coefficient (Wildman–Crippen LogP) is 1.51. The molecule has 0 unspecified atom stereocenters. The first-order valence-electron chi connectivity index (χ1n) is 8.35. The Morgan fingerprint density at radius 2 is 1.64 bits per heavy atom. The smallest absolute Gasteiger partial charge is 0.282 e. The van der Waals surface area contributed by atoms with E-state index in [1.54, 1.807) is 11.0 Å². The lowest BCUT2D eigenvalue weighted by atomic mass is 10.1. The van der Waals surface area contributed by atoms with Crippen LogP contribution < -0.4 is 0 Å². The minimum absolute atomic E-state index is 0.121. The summed E-state index contributed by atoms with van der Waals surface area (Å²) in [6.07, 6.45) is 1.66. The highest BCUT2D eigenvalue weighted by Crippen LogP contribution is 2.21. The van der Waals surface area contributed by atoms with E-state index in [0.29, 0.717) is 26.2 Å². The zero-order chi connectivity index (χ0) is 18.0. The van der Waals surface area contributed by atoms with Gasteiger partial charge in [-0.15, -0.1) is 0 Å². The fraction of sp³-hybridized carbons (Fsp3) is 0.562. The van der Waals surface area contributed by atoms with Gasteiger partial charge in [-0.25, -0.2) is 4.39 Å². The van der Waals surface area contributed by atoms with Gasteiger partial charge in [0.05, 0.1) is 6.42 Å². The van der Waals surface area contributed by atoms with Gasteiger partial charge in [-0.1, -0.05) is 17.7 Å². The van der Waals surface area contributed by atoms with E-state index in [1.807, 2.05) is 0 Å². The van der Waals surface area contributed by atoms with Crippen molar-refractivity contribution in [3.63, 3.8) is 0 Å². The van der Waals surface area contributed by atoms with Crippen molar-refractivity contribution in [3.05, 3.63) is 34.6 Å². The lowest BCUT2D eigenvalue weighted by Crippen LogP contribution is -2.54. The molecule has 1 aromatic carbocycles. The molecule has 0 N–H and O–H groups in total. The number of benzene rings is 1. The van der Waals surface area contributed by atoms with Gasteiger partial charge in [-0.3, -0.25) is 4.79 Å². The van der Waals surface area contributed by atoms with Crippen molar-refractivity contribution in [3.8, 4) is 0 Å². The topological polar surface area (TPSA) is 60.9 Å². The molecule has 2 fully saturated rings. The Labute approximate surface area is 152 Å². The van der Waals surface area contributed by atoms with Crippen LogP contribution in [-0.4, -0.2) is 67.1 Å².